The number of rotatable bonds is 6. The van der Waals surface area contributed by atoms with Crippen molar-refractivity contribution in [3.63, 3.8) is 0 Å². The van der Waals surface area contributed by atoms with Crippen LogP contribution in [0.25, 0.3) is 0 Å². The van der Waals surface area contributed by atoms with Crippen LogP contribution >= 0.6 is 26.0 Å². The van der Waals surface area contributed by atoms with Crippen LogP contribution < -0.4 is 103 Å². The van der Waals surface area contributed by atoms with Crippen LogP contribution in [-0.2, 0) is 13.4 Å². The maximum Gasteiger partial charge on any atom is 1.00 e. The minimum Gasteiger partial charge on any atom is -0.790 e. The molecule has 13 heteroatoms. The predicted octanol–water partition coefficient (Wildman–Crippen LogP) is -10.2. The van der Waals surface area contributed by atoms with Gasteiger partial charge in [0, 0.05) is 5.75 Å². The summed E-state index contributed by atoms with van der Waals surface area (Å²) >= 11 is 0.179. The Kier molecular flexibility index (Phi) is 22.4. The van der Waals surface area contributed by atoms with Gasteiger partial charge in [0.05, 0.1) is 13.9 Å². The summed E-state index contributed by atoms with van der Waals surface area (Å²) in [6.45, 7) is -3.26. The van der Waals surface area contributed by atoms with Crippen molar-refractivity contribution in [2.24, 2.45) is 0 Å². The van der Waals surface area contributed by atoms with Crippen molar-refractivity contribution in [2.75, 3.05) is 5.75 Å². The quantitative estimate of drug-likeness (QED) is 0.374. The molecule has 0 heterocycles. The van der Waals surface area contributed by atoms with Gasteiger partial charge in [-0.25, -0.2) is 0 Å². The van der Waals surface area contributed by atoms with Crippen molar-refractivity contribution in [1.82, 2.24) is 0 Å². The van der Waals surface area contributed by atoms with Crippen LogP contribution in [0.1, 0.15) is 13.3 Å². The van der Waals surface area contributed by atoms with E-state index in [1.54, 1.807) is 0 Å². The largest absolute Gasteiger partial charge is 1.00 e. The van der Waals surface area contributed by atoms with Crippen molar-refractivity contribution in [1.29, 1.82) is 0 Å². The second-order valence-corrected chi connectivity index (χ2v) is 7.67. The zero-order valence-electron chi connectivity index (χ0n) is 10.2. The van der Waals surface area contributed by atoms with Gasteiger partial charge in [-0.1, -0.05) is 11.4 Å². The van der Waals surface area contributed by atoms with Crippen LogP contribution in [-0.4, -0.2) is 17.0 Å². The van der Waals surface area contributed by atoms with E-state index in [0.717, 1.165) is 0 Å². The van der Waals surface area contributed by atoms with E-state index >= 15 is 0 Å². The van der Waals surface area contributed by atoms with Gasteiger partial charge >= 0.3 is 88.7 Å². The first-order chi connectivity index (χ1) is 6.12. The predicted molar refractivity (Wildman–Crippen MR) is 45.1 cm³/mol. The fraction of sp³-hybridized carbons (Fsp3) is 1.00. The van der Waals surface area contributed by atoms with Crippen LogP contribution in [0, 0.1) is 0 Å². The van der Waals surface area contributed by atoms with Crippen molar-refractivity contribution < 1.29 is 122 Å². The van der Waals surface area contributed by atoms with Crippen LogP contribution in [0.15, 0.2) is 0 Å². The van der Waals surface area contributed by atoms with Gasteiger partial charge in [-0.05, 0) is 13.3 Å². The SMILES string of the molecule is C[C@H](O)CCSP(=O)([O-])OP(=O)([O-])[O-].[Na+].[Na+].[Na+]. The second kappa shape index (κ2) is 13.3. The molecule has 86 valence electrons. The Morgan fingerprint density at radius 1 is 1.24 bits per heavy atom. The van der Waals surface area contributed by atoms with Crippen molar-refractivity contribution in [3.05, 3.63) is 0 Å². The first kappa shape index (κ1) is 28.7. The van der Waals surface area contributed by atoms with Gasteiger partial charge in [0.1, 0.15) is 0 Å². The molecule has 0 saturated carbocycles. The van der Waals surface area contributed by atoms with E-state index in [2.05, 4.69) is 4.31 Å². The van der Waals surface area contributed by atoms with E-state index in [9.17, 15) is 23.8 Å². The third kappa shape index (κ3) is 22.0. The topological polar surface area (TPSA) is 133 Å². The zero-order chi connectivity index (χ0) is 11.4. The van der Waals surface area contributed by atoms with Crippen LogP contribution in [0.4, 0.5) is 0 Å². The fourth-order valence-electron chi connectivity index (χ4n) is 0.481. The van der Waals surface area contributed by atoms with Gasteiger partial charge in [0.2, 0.25) is 0 Å². The van der Waals surface area contributed by atoms with E-state index < -0.39 is 20.7 Å². The summed E-state index contributed by atoms with van der Waals surface area (Å²) in [6.07, 6.45) is -0.545. The molecule has 0 aromatic carbocycles. The van der Waals surface area contributed by atoms with Crippen molar-refractivity contribution >= 4 is 26.0 Å². The molecule has 1 unspecified atom stereocenters. The number of hydrogen-bond donors (Lipinski definition) is 1. The Bertz CT molecular complexity index is 272. The average molecular weight is 332 g/mol. The first-order valence-electron chi connectivity index (χ1n) is 3.49. The summed E-state index contributed by atoms with van der Waals surface area (Å²) in [7, 11) is -5.51. The molecule has 0 aromatic rings. The summed E-state index contributed by atoms with van der Waals surface area (Å²) in [5, 5.41) is 8.76. The second-order valence-electron chi connectivity index (χ2n) is 2.45. The van der Waals surface area contributed by atoms with Gasteiger partial charge in [-0.2, -0.15) is 0 Å². The minimum absolute atomic E-state index is 0. The molecular formula is C4H9Na3O7P2S. The molecule has 0 aliphatic rings. The third-order valence-corrected chi connectivity index (χ3v) is 5.42. The van der Waals surface area contributed by atoms with E-state index in [1.807, 2.05) is 0 Å². The molecule has 0 aliphatic carbocycles. The molecule has 0 spiro atoms. The van der Waals surface area contributed by atoms with Gasteiger partial charge in [0.25, 0.3) is 0 Å². The monoisotopic (exact) mass is 332 g/mol. The molecule has 0 fully saturated rings. The zero-order valence-corrected chi connectivity index (χ0v) is 18.8. The normalized spacial score (nSPS) is 15.6. The number of aliphatic hydroxyl groups excluding tert-OH is 1. The van der Waals surface area contributed by atoms with Gasteiger partial charge in [0.15, 0.2) is 6.80 Å². The van der Waals surface area contributed by atoms with Gasteiger partial charge in [-0.3, -0.25) is 8.88 Å². The molecule has 0 aromatic heterocycles. The summed E-state index contributed by atoms with van der Waals surface area (Å²) in [5.74, 6) is -0.0432. The fourth-order valence-corrected chi connectivity index (χ4v) is 4.47. The van der Waals surface area contributed by atoms with Crippen molar-refractivity contribution in [2.45, 2.75) is 19.4 Å². The molecule has 0 amide bonds. The molecule has 0 rings (SSSR count). The van der Waals surface area contributed by atoms with Crippen LogP contribution in [0.3, 0.4) is 0 Å². The number of aliphatic hydroxyl groups is 1. The molecular weight excluding hydrogens is 323 g/mol. The Morgan fingerprint density at radius 3 is 1.94 bits per heavy atom. The average Bonchev–Trinajstić information content (AvgIpc) is 1.78. The smallest absolute Gasteiger partial charge is 0.790 e. The molecule has 0 bridgehead atoms. The summed E-state index contributed by atoms with van der Waals surface area (Å²) < 4.78 is 24.0. The molecule has 1 N–H and O–H groups in total. The summed E-state index contributed by atoms with van der Waals surface area (Å²) in [4.78, 5) is 30.7. The van der Waals surface area contributed by atoms with Gasteiger partial charge < -0.3 is 24.4 Å². The Morgan fingerprint density at radius 2 is 1.65 bits per heavy atom. The minimum atomic E-state index is -5.51. The van der Waals surface area contributed by atoms with Crippen molar-refractivity contribution in [3.8, 4) is 0 Å². The van der Waals surface area contributed by atoms with E-state index in [0.29, 0.717) is 0 Å². The molecule has 2 atom stereocenters. The molecule has 7 nitrogen and oxygen atoms in total. The van der Waals surface area contributed by atoms with E-state index in [4.69, 9.17) is 5.11 Å². The number of hydrogen-bond acceptors (Lipinski definition) is 8. The van der Waals surface area contributed by atoms with E-state index in [1.165, 1.54) is 6.92 Å². The van der Waals surface area contributed by atoms with Gasteiger partial charge in [-0.15, -0.1) is 0 Å². The summed E-state index contributed by atoms with van der Waals surface area (Å²) in [6, 6.07) is 0. The van der Waals surface area contributed by atoms with E-state index in [-0.39, 0.29) is 112 Å². The Labute approximate surface area is 170 Å². The Balaban J connectivity index is -0.000000282. The molecule has 0 aliphatic heterocycles. The molecule has 0 saturated heterocycles. The maximum absolute atomic E-state index is 10.7. The molecule has 17 heavy (non-hydrogen) atoms. The van der Waals surface area contributed by atoms with Crippen LogP contribution in [0.5, 0.6) is 0 Å². The standard InChI is InChI=1S/C4H12O7P2S.3Na/c1-4(5)2-3-14-13(9,10)11-12(6,7)8;;;/h4-5H,2-3H2,1H3,(H,9,10)(H2,6,7,8);;;/q;3*+1/p-3/t4-;;;/m0.../s1. The van der Waals surface area contributed by atoms with Crippen LogP contribution in [0.2, 0.25) is 0 Å². The number of phosphoric acid groups is 1. The Hall–Kier alpha value is 3.61. The molecule has 0 radical (unpaired) electrons. The summed E-state index contributed by atoms with van der Waals surface area (Å²) in [5.41, 5.74) is 0. The third-order valence-electron chi connectivity index (χ3n) is 0.985. The maximum atomic E-state index is 10.7. The first-order valence-corrected chi connectivity index (χ1v) is 8.09.